The van der Waals surface area contributed by atoms with E-state index < -0.39 is 0 Å². The van der Waals surface area contributed by atoms with Crippen LogP contribution in [0.4, 0.5) is 5.95 Å². The highest BCUT2D eigenvalue weighted by molar-refractivity contribution is 5.91. The Bertz CT molecular complexity index is 954. The van der Waals surface area contributed by atoms with Crippen LogP contribution in [0.3, 0.4) is 0 Å². The first kappa shape index (κ1) is 18.0. The number of anilines is 1. The number of methoxy groups -OCH3 is 1. The first-order valence-corrected chi connectivity index (χ1v) is 8.96. The normalized spacial score (nSPS) is 11.1. The molecule has 0 aliphatic rings. The van der Waals surface area contributed by atoms with Gasteiger partial charge in [0, 0.05) is 25.7 Å². The van der Waals surface area contributed by atoms with Gasteiger partial charge in [0.25, 0.3) is 5.56 Å². The van der Waals surface area contributed by atoms with Crippen molar-refractivity contribution in [3.63, 3.8) is 0 Å². The van der Waals surface area contributed by atoms with E-state index in [2.05, 4.69) is 28.8 Å². The van der Waals surface area contributed by atoms with Crippen molar-refractivity contribution < 1.29 is 4.74 Å². The molecule has 0 aliphatic carbocycles. The van der Waals surface area contributed by atoms with Crippen molar-refractivity contribution in [2.75, 3.05) is 25.1 Å². The van der Waals surface area contributed by atoms with E-state index in [1.54, 1.807) is 18.8 Å². The van der Waals surface area contributed by atoms with E-state index in [4.69, 9.17) is 9.72 Å². The molecule has 0 saturated heterocycles. The second-order valence-electron chi connectivity index (χ2n) is 6.25. The van der Waals surface area contributed by atoms with E-state index in [0.29, 0.717) is 28.4 Å². The second-order valence-corrected chi connectivity index (χ2v) is 6.25. The average Bonchev–Trinajstić information content (AvgIpc) is 2.98. The molecular weight excluding hydrogens is 330 g/mol. The van der Waals surface area contributed by atoms with Crippen LogP contribution < -0.4 is 15.2 Å². The van der Waals surface area contributed by atoms with Crippen LogP contribution in [0.5, 0.6) is 5.75 Å². The number of fused-ring (bicyclic) bond motifs is 1. The van der Waals surface area contributed by atoms with Gasteiger partial charge in [-0.3, -0.25) is 14.5 Å². The third kappa shape index (κ3) is 3.16. The Morgan fingerprint density at radius 2 is 1.88 bits per heavy atom. The second kappa shape index (κ2) is 7.59. The molecule has 3 aromatic rings. The SMILES string of the molecule is CCCN(CCC)c1nc2c(-c3ccccc3OC)nn(C)c2c(=O)[nH]1. The Morgan fingerprint density at radius 1 is 1.19 bits per heavy atom. The van der Waals surface area contributed by atoms with Crippen LogP contribution >= 0.6 is 0 Å². The molecule has 3 rings (SSSR count). The lowest BCUT2D eigenvalue weighted by molar-refractivity contribution is 0.416. The first-order chi connectivity index (χ1) is 12.6. The average molecular weight is 355 g/mol. The van der Waals surface area contributed by atoms with Gasteiger partial charge in [-0.05, 0) is 25.0 Å². The van der Waals surface area contributed by atoms with Crippen molar-refractivity contribution in [2.45, 2.75) is 26.7 Å². The van der Waals surface area contributed by atoms with Crippen molar-refractivity contribution in [3.05, 3.63) is 34.6 Å². The van der Waals surface area contributed by atoms with Crippen LogP contribution in [0.1, 0.15) is 26.7 Å². The number of para-hydroxylation sites is 1. The molecule has 7 heteroatoms. The summed E-state index contributed by atoms with van der Waals surface area (Å²) in [5, 5.41) is 4.56. The smallest absolute Gasteiger partial charge is 0.278 e. The molecule has 26 heavy (non-hydrogen) atoms. The van der Waals surface area contributed by atoms with E-state index in [-0.39, 0.29) is 5.56 Å². The summed E-state index contributed by atoms with van der Waals surface area (Å²) in [6.45, 7) is 5.91. The number of benzene rings is 1. The number of H-pyrrole nitrogens is 1. The number of hydrogen-bond acceptors (Lipinski definition) is 5. The Balaban J connectivity index is 2.24. The molecule has 0 bridgehead atoms. The van der Waals surface area contributed by atoms with Crippen molar-refractivity contribution in [3.8, 4) is 17.0 Å². The fraction of sp³-hybridized carbons (Fsp3) is 0.421. The van der Waals surface area contributed by atoms with E-state index in [1.165, 1.54) is 0 Å². The summed E-state index contributed by atoms with van der Waals surface area (Å²) in [4.78, 5) is 22.5. The van der Waals surface area contributed by atoms with Crippen LogP contribution in [-0.4, -0.2) is 39.9 Å². The molecule has 138 valence electrons. The minimum absolute atomic E-state index is 0.182. The summed E-state index contributed by atoms with van der Waals surface area (Å²) in [6, 6.07) is 7.64. The van der Waals surface area contributed by atoms with Gasteiger partial charge in [-0.25, -0.2) is 4.98 Å². The summed E-state index contributed by atoms with van der Waals surface area (Å²) >= 11 is 0. The van der Waals surface area contributed by atoms with E-state index in [1.807, 2.05) is 24.3 Å². The van der Waals surface area contributed by atoms with Crippen LogP contribution in [0, 0.1) is 0 Å². The van der Waals surface area contributed by atoms with Crippen LogP contribution in [0.15, 0.2) is 29.1 Å². The lowest BCUT2D eigenvalue weighted by atomic mass is 10.1. The molecule has 0 unspecified atom stereocenters. The van der Waals surface area contributed by atoms with Gasteiger partial charge >= 0.3 is 0 Å². The molecule has 1 N–H and O–H groups in total. The monoisotopic (exact) mass is 355 g/mol. The molecule has 2 heterocycles. The third-order valence-electron chi connectivity index (χ3n) is 4.33. The fourth-order valence-electron chi connectivity index (χ4n) is 3.20. The van der Waals surface area contributed by atoms with Gasteiger partial charge in [0.2, 0.25) is 5.95 Å². The molecule has 0 fully saturated rings. The minimum atomic E-state index is -0.182. The number of nitrogens with zero attached hydrogens (tertiary/aromatic N) is 4. The number of ether oxygens (including phenoxy) is 1. The number of aromatic nitrogens is 4. The summed E-state index contributed by atoms with van der Waals surface area (Å²) in [7, 11) is 3.38. The lowest BCUT2D eigenvalue weighted by Crippen LogP contribution is -2.29. The number of aryl methyl sites for hydroxylation is 1. The summed E-state index contributed by atoms with van der Waals surface area (Å²) < 4.78 is 7.05. The predicted molar refractivity (Wildman–Crippen MR) is 104 cm³/mol. The van der Waals surface area contributed by atoms with E-state index >= 15 is 0 Å². The Hall–Kier alpha value is -2.83. The maximum Gasteiger partial charge on any atom is 0.278 e. The Morgan fingerprint density at radius 3 is 2.54 bits per heavy atom. The topological polar surface area (TPSA) is 76.0 Å². The zero-order valence-corrected chi connectivity index (χ0v) is 15.7. The molecule has 1 aromatic carbocycles. The standard InChI is InChI=1S/C19H25N5O2/c1-5-11-24(12-6-2)19-20-16-15(13-9-7-8-10-14(13)26-4)22-23(3)17(16)18(25)21-19/h7-10H,5-6,11-12H2,1-4H3,(H,20,21,25). The highest BCUT2D eigenvalue weighted by Crippen LogP contribution is 2.32. The minimum Gasteiger partial charge on any atom is -0.496 e. The molecule has 0 radical (unpaired) electrons. The van der Waals surface area contributed by atoms with Gasteiger partial charge in [-0.2, -0.15) is 5.10 Å². The van der Waals surface area contributed by atoms with Gasteiger partial charge < -0.3 is 9.64 Å². The van der Waals surface area contributed by atoms with Crippen molar-refractivity contribution in [1.82, 2.24) is 19.7 Å². The molecule has 0 aliphatic heterocycles. The van der Waals surface area contributed by atoms with Gasteiger partial charge in [-0.15, -0.1) is 0 Å². The summed E-state index contributed by atoms with van der Waals surface area (Å²) in [6.07, 6.45) is 1.96. The first-order valence-electron chi connectivity index (χ1n) is 8.96. The Kier molecular flexibility index (Phi) is 5.25. The zero-order valence-electron chi connectivity index (χ0n) is 15.7. The Labute approximate surface area is 152 Å². The van der Waals surface area contributed by atoms with Crippen LogP contribution in [-0.2, 0) is 7.05 Å². The molecule has 0 spiro atoms. The van der Waals surface area contributed by atoms with Crippen LogP contribution in [0.25, 0.3) is 22.3 Å². The summed E-state index contributed by atoms with van der Waals surface area (Å²) in [5.74, 6) is 1.30. The number of hydrogen-bond donors (Lipinski definition) is 1. The number of rotatable bonds is 7. The van der Waals surface area contributed by atoms with Crippen molar-refractivity contribution in [2.24, 2.45) is 7.05 Å². The third-order valence-corrected chi connectivity index (χ3v) is 4.33. The van der Waals surface area contributed by atoms with Crippen molar-refractivity contribution in [1.29, 1.82) is 0 Å². The maximum atomic E-state index is 12.7. The molecule has 7 nitrogen and oxygen atoms in total. The van der Waals surface area contributed by atoms with Gasteiger partial charge in [0.05, 0.1) is 7.11 Å². The molecular formula is C19H25N5O2. The quantitative estimate of drug-likeness (QED) is 0.705. The lowest BCUT2D eigenvalue weighted by Gasteiger charge is -2.21. The van der Waals surface area contributed by atoms with Gasteiger partial charge in [-0.1, -0.05) is 26.0 Å². The number of aromatic amines is 1. The molecule has 0 atom stereocenters. The van der Waals surface area contributed by atoms with Crippen LogP contribution in [0.2, 0.25) is 0 Å². The molecule has 0 amide bonds. The van der Waals surface area contributed by atoms with E-state index in [9.17, 15) is 4.79 Å². The highest BCUT2D eigenvalue weighted by atomic mass is 16.5. The van der Waals surface area contributed by atoms with Gasteiger partial charge in [0.1, 0.15) is 17.0 Å². The highest BCUT2D eigenvalue weighted by Gasteiger charge is 2.20. The zero-order chi connectivity index (χ0) is 18.7. The van der Waals surface area contributed by atoms with Crippen molar-refractivity contribution >= 4 is 17.0 Å². The largest absolute Gasteiger partial charge is 0.496 e. The molecule has 0 saturated carbocycles. The molecule has 2 aromatic heterocycles. The number of nitrogens with one attached hydrogen (secondary N) is 1. The maximum absolute atomic E-state index is 12.7. The predicted octanol–water partition coefficient (Wildman–Crippen LogP) is 2.96. The van der Waals surface area contributed by atoms with Gasteiger partial charge in [0.15, 0.2) is 5.52 Å². The summed E-state index contributed by atoms with van der Waals surface area (Å²) in [5.41, 5.74) is 2.34. The van der Waals surface area contributed by atoms with E-state index in [0.717, 1.165) is 31.5 Å². The fourth-order valence-corrected chi connectivity index (χ4v) is 3.20.